The second-order valence-corrected chi connectivity index (χ2v) is 7.72. The highest BCUT2D eigenvalue weighted by molar-refractivity contribution is 5.98. The minimum absolute atomic E-state index is 0.160. The van der Waals surface area contributed by atoms with Crippen molar-refractivity contribution in [2.24, 2.45) is 0 Å². The van der Waals surface area contributed by atoms with Crippen molar-refractivity contribution in [1.29, 1.82) is 5.26 Å². The van der Waals surface area contributed by atoms with E-state index >= 15 is 0 Å². The number of nitriles is 1. The Balaban J connectivity index is 2.10. The van der Waals surface area contributed by atoms with Crippen LogP contribution in [0.2, 0.25) is 0 Å². The molecule has 3 N–H and O–H groups in total. The lowest BCUT2D eigenvalue weighted by Gasteiger charge is -2.25. The summed E-state index contributed by atoms with van der Waals surface area (Å²) in [5, 5.41) is 30.3. The lowest BCUT2D eigenvalue weighted by Crippen LogP contribution is -2.47. The average molecular weight is 454 g/mol. The van der Waals surface area contributed by atoms with Crippen LogP contribution < -0.4 is 16.6 Å². The van der Waals surface area contributed by atoms with Gasteiger partial charge < -0.3 is 15.5 Å². The van der Waals surface area contributed by atoms with Gasteiger partial charge in [0.25, 0.3) is 11.5 Å². The molecule has 0 bridgehead atoms. The molecule has 3 rings (SSSR count). The number of carbonyl (C=O) groups is 3. The van der Waals surface area contributed by atoms with Crippen LogP contribution in [0.3, 0.4) is 0 Å². The fourth-order valence-electron chi connectivity index (χ4n) is 3.87. The van der Waals surface area contributed by atoms with Crippen LogP contribution in [-0.2, 0) is 11.3 Å². The zero-order chi connectivity index (χ0) is 24.1. The molecule has 1 saturated carbocycles. The molecule has 1 heterocycles. The van der Waals surface area contributed by atoms with E-state index in [9.17, 15) is 29.1 Å². The van der Waals surface area contributed by atoms with Crippen molar-refractivity contribution in [2.75, 3.05) is 6.54 Å². The Morgan fingerprint density at radius 1 is 1.09 bits per heavy atom. The molecule has 0 unspecified atom stereocenters. The molecule has 0 spiro atoms. The van der Waals surface area contributed by atoms with Crippen LogP contribution >= 0.6 is 0 Å². The Hall–Kier alpha value is -4.20. The van der Waals surface area contributed by atoms with Crippen LogP contribution in [-0.4, -0.2) is 43.6 Å². The maximum absolute atomic E-state index is 13.2. The molecule has 0 atom stereocenters. The highest BCUT2D eigenvalue weighted by Crippen LogP contribution is 2.26. The van der Waals surface area contributed by atoms with E-state index in [1.54, 1.807) is 0 Å². The SMILES string of the molecule is N#Cc1ccc(C(=O)Cn2c(O)c(C(=O)NCC(=O)O)c(=O)n(C3CCCCC3)c2=O)cc1. The molecule has 172 valence electrons. The molecule has 1 aromatic heterocycles. The predicted molar refractivity (Wildman–Crippen MR) is 114 cm³/mol. The normalized spacial score (nSPS) is 13.8. The van der Waals surface area contributed by atoms with Crippen LogP contribution in [0.25, 0.3) is 0 Å². The maximum atomic E-state index is 13.2. The lowest BCUT2D eigenvalue weighted by atomic mass is 9.95. The van der Waals surface area contributed by atoms with Gasteiger partial charge in [0, 0.05) is 11.6 Å². The van der Waals surface area contributed by atoms with Crippen molar-refractivity contribution >= 4 is 17.7 Å². The van der Waals surface area contributed by atoms with Gasteiger partial charge >= 0.3 is 11.7 Å². The number of rotatable bonds is 7. The lowest BCUT2D eigenvalue weighted by molar-refractivity contribution is -0.135. The highest BCUT2D eigenvalue weighted by Gasteiger charge is 2.29. The number of carbonyl (C=O) groups excluding carboxylic acids is 2. The minimum atomic E-state index is -1.36. The van der Waals surface area contributed by atoms with Gasteiger partial charge in [-0.2, -0.15) is 5.26 Å². The first-order valence-electron chi connectivity index (χ1n) is 10.4. The zero-order valence-electron chi connectivity index (χ0n) is 17.6. The molecule has 0 saturated heterocycles. The molecule has 0 radical (unpaired) electrons. The van der Waals surface area contributed by atoms with Gasteiger partial charge in [-0.1, -0.05) is 31.4 Å². The Labute approximate surface area is 187 Å². The second kappa shape index (κ2) is 9.95. The van der Waals surface area contributed by atoms with Crippen molar-refractivity contribution in [1.82, 2.24) is 14.5 Å². The molecular formula is C22H22N4O7. The van der Waals surface area contributed by atoms with Crippen molar-refractivity contribution < 1.29 is 24.6 Å². The van der Waals surface area contributed by atoms with E-state index in [-0.39, 0.29) is 5.56 Å². The third-order valence-corrected chi connectivity index (χ3v) is 5.55. The van der Waals surface area contributed by atoms with Crippen molar-refractivity contribution in [2.45, 2.75) is 44.7 Å². The predicted octanol–water partition coefficient (Wildman–Crippen LogP) is 0.790. The summed E-state index contributed by atoms with van der Waals surface area (Å²) in [6.45, 7) is -1.47. The summed E-state index contributed by atoms with van der Waals surface area (Å²) in [5.74, 6) is -4.13. The van der Waals surface area contributed by atoms with Gasteiger partial charge in [-0.05, 0) is 25.0 Å². The molecule has 0 aliphatic heterocycles. The Morgan fingerprint density at radius 3 is 2.30 bits per heavy atom. The number of nitrogens with one attached hydrogen (secondary N) is 1. The molecule has 1 aliphatic carbocycles. The minimum Gasteiger partial charge on any atom is -0.494 e. The van der Waals surface area contributed by atoms with E-state index in [0.717, 1.165) is 23.8 Å². The molecule has 1 aromatic carbocycles. The topological polar surface area (TPSA) is 171 Å². The number of aromatic nitrogens is 2. The Morgan fingerprint density at radius 2 is 1.73 bits per heavy atom. The van der Waals surface area contributed by atoms with Crippen molar-refractivity contribution in [3.8, 4) is 11.9 Å². The smallest absolute Gasteiger partial charge is 0.334 e. The number of Topliss-reactive ketones (excluding diaryl/α,β-unsaturated/α-hetero) is 1. The molecule has 1 aliphatic rings. The number of carboxylic acid groups (broad SMARTS) is 1. The summed E-state index contributed by atoms with van der Waals surface area (Å²) in [5.41, 5.74) is -2.27. The Bertz CT molecular complexity index is 1250. The quantitative estimate of drug-likeness (QED) is 0.515. The Kier molecular flexibility index (Phi) is 7.07. The summed E-state index contributed by atoms with van der Waals surface area (Å²) in [6.07, 6.45) is 3.49. The number of amides is 1. The summed E-state index contributed by atoms with van der Waals surface area (Å²) in [4.78, 5) is 62.3. The van der Waals surface area contributed by atoms with Crippen LogP contribution in [0.15, 0.2) is 33.9 Å². The number of nitrogens with zero attached hydrogens (tertiary/aromatic N) is 3. The molecule has 2 aromatic rings. The number of hydrogen-bond donors (Lipinski definition) is 3. The third-order valence-electron chi connectivity index (χ3n) is 5.55. The van der Waals surface area contributed by atoms with E-state index in [1.165, 1.54) is 24.3 Å². The average Bonchev–Trinajstić information content (AvgIpc) is 2.81. The standard InChI is InChI=1S/C22H22N4O7/c23-10-13-6-8-14(9-7-13)16(27)12-25-20(31)18(19(30)24-11-17(28)29)21(32)26(22(25)33)15-4-2-1-3-5-15/h6-9,15,31H,1-5,11-12H2,(H,24,30)(H,28,29). The number of aliphatic carboxylic acids is 1. The largest absolute Gasteiger partial charge is 0.494 e. The monoisotopic (exact) mass is 454 g/mol. The molecule has 1 fully saturated rings. The number of aromatic hydroxyl groups is 1. The molecular weight excluding hydrogens is 432 g/mol. The van der Waals surface area contributed by atoms with Crippen molar-refractivity contribution in [3.05, 3.63) is 61.8 Å². The van der Waals surface area contributed by atoms with Crippen molar-refractivity contribution in [3.63, 3.8) is 0 Å². The van der Waals surface area contributed by atoms with E-state index in [4.69, 9.17) is 10.4 Å². The van der Waals surface area contributed by atoms with Gasteiger partial charge in [0.15, 0.2) is 11.3 Å². The van der Waals surface area contributed by atoms with Gasteiger partial charge in [-0.3, -0.25) is 28.3 Å². The van der Waals surface area contributed by atoms with Gasteiger partial charge in [-0.25, -0.2) is 4.79 Å². The summed E-state index contributed by atoms with van der Waals surface area (Å²) in [7, 11) is 0. The van der Waals surface area contributed by atoms with Gasteiger partial charge in [0.1, 0.15) is 6.54 Å². The first kappa shape index (κ1) is 23.5. The molecule has 11 nitrogen and oxygen atoms in total. The fraction of sp³-hybridized carbons (Fsp3) is 0.364. The van der Waals surface area contributed by atoms with Crippen LogP contribution in [0.5, 0.6) is 5.88 Å². The summed E-state index contributed by atoms with van der Waals surface area (Å²) in [6, 6.07) is 7.03. The number of carboxylic acids is 1. The van der Waals surface area contributed by atoms with Crippen LogP contribution in [0.1, 0.15) is 64.4 Å². The first-order chi connectivity index (χ1) is 15.7. The highest BCUT2D eigenvalue weighted by atomic mass is 16.4. The third kappa shape index (κ3) is 5.01. The number of benzene rings is 1. The van der Waals surface area contributed by atoms with Gasteiger partial charge in [-0.15, -0.1) is 0 Å². The molecule has 33 heavy (non-hydrogen) atoms. The number of hydrogen-bond acceptors (Lipinski definition) is 7. The van der Waals surface area contributed by atoms with E-state index in [2.05, 4.69) is 0 Å². The van der Waals surface area contributed by atoms with E-state index in [1.807, 2.05) is 11.4 Å². The van der Waals surface area contributed by atoms with Gasteiger partial charge in [0.2, 0.25) is 5.88 Å². The van der Waals surface area contributed by atoms with E-state index in [0.29, 0.717) is 23.0 Å². The first-order valence-corrected chi connectivity index (χ1v) is 10.4. The van der Waals surface area contributed by atoms with Crippen LogP contribution in [0.4, 0.5) is 0 Å². The summed E-state index contributed by atoms with van der Waals surface area (Å²) >= 11 is 0. The molecule has 1 amide bonds. The number of ketones is 1. The van der Waals surface area contributed by atoms with Gasteiger partial charge in [0.05, 0.1) is 18.2 Å². The second-order valence-electron chi connectivity index (χ2n) is 7.72. The molecule has 11 heteroatoms. The maximum Gasteiger partial charge on any atom is 0.334 e. The van der Waals surface area contributed by atoms with Crippen LogP contribution in [0, 0.1) is 11.3 Å². The van der Waals surface area contributed by atoms with E-state index < -0.39 is 59.5 Å². The fourth-order valence-corrected chi connectivity index (χ4v) is 3.87. The summed E-state index contributed by atoms with van der Waals surface area (Å²) < 4.78 is 1.52. The zero-order valence-corrected chi connectivity index (χ0v) is 17.6.